The van der Waals surface area contributed by atoms with E-state index < -0.39 is 0 Å². The Kier molecular flexibility index (Phi) is 5.21. The van der Waals surface area contributed by atoms with Gasteiger partial charge < -0.3 is 10.1 Å². The quantitative estimate of drug-likeness (QED) is 0.507. The molecule has 0 amide bonds. The standard InChI is InChI=1S/C8H12BrN3OS/c1-10-7-6(9)8(12-5-11-7)14-4-3-13-2/h5H,3-4H2,1-2H3,(H,10,11,12). The predicted octanol–water partition coefficient (Wildman–Crippen LogP) is 2.02. The van der Waals surface area contributed by atoms with Crippen molar-refractivity contribution in [1.29, 1.82) is 0 Å². The number of hydrogen-bond donors (Lipinski definition) is 1. The molecule has 78 valence electrons. The highest BCUT2D eigenvalue weighted by Gasteiger charge is 2.07. The Bertz CT molecular complexity index is 298. The topological polar surface area (TPSA) is 47.0 Å². The van der Waals surface area contributed by atoms with Gasteiger partial charge in [-0.2, -0.15) is 0 Å². The first-order chi connectivity index (χ1) is 6.79. The van der Waals surface area contributed by atoms with Crippen LogP contribution in [0.3, 0.4) is 0 Å². The molecule has 0 unspecified atom stereocenters. The van der Waals surface area contributed by atoms with Gasteiger partial charge in [-0.25, -0.2) is 9.97 Å². The van der Waals surface area contributed by atoms with Crippen LogP contribution in [0.4, 0.5) is 5.82 Å². The lowest BCUT2D eigenvalue weighted by Crippen LogP contribution is -1.98. The van der Waals surface area contributed by atoms with Gasteiger partial charge in [-0.1, -0.05) is 0 Å². The maximum atomic E-state index is 4.96. The van der Waals surface area contributed by atoms with Crippen LogP contribution in [-0.2, 0) is 4.74 Å². The van der Waals surface area contributed by atoms with Crippen LogP contribution in [0.15, 0.2) is 15.8 Å². The summed E-state index contributed by atoms with van der Waals surface area (Å²) < 4.78 is 5.87. The van der Waals surface area contributed by atoms with E-state index >= 15 is 0 Å². The molecule has 0 radical (unpaired) electrons. The first kappa shape index (κ1) is 11.7. The summed E-state index contributed by atoms with van der Waals surface area (Å²) in [7, 11) is 3.52. The van der Waals surface area contributed by atoms with Crippen LogP contribution in [0.25, 0.3) is 0 Å². The smallest absolute Gasteiger partial charge is 0.144 e. The number of nitrogens with one attached hydrogen (secondary N) is 1. The van der Waals surface area contributed by atoms with Crippen molar-refractivity contribution in [3.05, 3.63) is 10.8 Å². The number of anilines is 1. The normalized spacial score (nSPS) is 10.2. The molecule has 0 atom stereocenters. The maximum Gasteiger partial charge on any atom is 0.144 e. The van der Waals surface area contributed by atoms with Crippen molar-refractivity contribution in [2.45, 2.75) is 5.03 Å². The molecular formula is C8H12BrN3OS. The number of hydrogen-bond acceptors (Lipinski definition) is 5. The first-order valence-electron chi connectivity index (χ1n) is 4.09. The zero-order valence-electron chi connectivity index (χ0n) is 8.08. The van der Waals surface area contributed by atoms with Crippen molar-refractivity contribution < 1.29 is 4.74 Å². The molecule has 1 heterocycles. The monoisotopic (exact) mass is 277 g/mol. The highest BCUT2D eigenvalue weighted by molar-refractivity contribution is 9.10. The Hall–Kier alpha value is -0.330. The van der Waals surface area contributed by atoms with Crippen molar-refractivity contribution in [3.8, 4) is 0 Å². The van der Waals surface area contributed by atoms with Crippen molar-refractivity contribution in [3.63, 3.8) is 0 Å². The van der Waals surface area contributed by atoms with Crippen LogP contribution < -0.4 is 5.32 Å². The molecule has 6 heteroatoms. The van der Waals surface area contributed by atoms with Crippen LogP contribution >= 0.6 is 27.7 Å². The third-order valence-electron chi connectivity index (χ3n) is 1.52. The Balaban J connectivity index is 2.66. The Labute approximate surface area is 96.0 Å². The highest BCUT2D eigenvalue weighted by Crippen LogP contribution is 2.29. The number of ether oxygens (including phenoxy) is 1. The molecule has 1 aromatic rings. The number of aromatic nitrogens is 2. The van der Waals surface area contributed by atoms with Crippen molar-refractivity contribution in [2.24, 2.45) is 0 Å². The minimum atomic E-state index is 0.718. The molecule has 1 N–H and O–H groups in total. The molecule has 0 bridgehead atoms. The molecule has 0 spiro atoms. The Morgan fingerprint density at radius 1 is 1.57 bits per heavy atom. The summed E-state index contributed by atoms with van der Waals surface area (Å²) in [6, 6.07) is 0. The second kappa shape index (κ2) is 6.21. The Morgan fingerprint density at radius 3 is 3.00 bits per heavy atom. The van der Waals surface area contributed by atoms with Gasteiger partial charge in [0.25, 0.3) is 0 Å². The average Bonchev–Trinajstić information content (AvgIpc) is 2.21. The molecule has 0 aromatic carbocycles. The average molecular weight is 278 g/mol. The van der Waals surface area contributed by atoms with E-state index in [1.807, 2.05) is 7.05 Å². The van der Waals surface area contributed by atoms with Gasteiger partial charge in [-0.3, -0.25) is 0 Å². The number of nitrogens with zero attached hydrogens (tertiary/aromatic N) is 2. The summed E-state index contributed by atoms with van der Waals surface area (Å²) in [5, 5.41) is 3.92. The lowest BCUT2D eigenvalue weighted by Gasteiger charge is -2.06. The van der Waals surface area contributed by atoms with E-state index in [2.05, 4.69) is 31.2 Å². The Morgan fingerprint density at radius 2 is 2.36 bits per heavy atom. The summed E-state index contributed by atoms with van der Waals surface area (Å²) in [5.41, 5.74) is 0. The van der Waals surface area contributed by atoms with Crippen molar-refractivity contribution >= 4 is 33.5 Å². The number of halogens is 1. The van der Waals surface area contributed by atoms with E-state index in [-0.39, 0.29) is 0 Å². The molecule has 0 saturated heterocycles. The van der Waals surface area contributed by atoms with E-state index in [0.29, 0.717) is 0 Å². The third-order valence-corrected chi connectivity index (χ3v) is 3.49. The van der Waals surface area contributed by atoms with E-state index in [0.717, 1.165) is 27.7 Å². The van der Waals surface area contributed by atoms with Gasteiger partial charge in [0.1, 0.15) is 17.2 Å². The summed E-state index contributed by atoms with van der Waals surface area (Å²) in [4.78, 5) is 8.24. The highest BCUT2D eigenvalue weighted by atomic mass is 79.9. The van der Waals surface area contributed by atoms with E-state index in [4.69, 9.17) is 4.74 Å². The summed E-state index contributed by atoms with van der Waals surface area (Å²) in [5.74, 6) is 1.69. The fourth-order valence-corrected chi connectivity index (χ4v) is 2.39. The minimum absolute atomic E-state index is 0.718. The van der Waals surface area contributed by atoms with Gasteiger partial charge in [0.15, 0.2) is 0 Å². The third kappa shape index (κ3) is 3.11. The van der Waals surface area contributed by atoms with Crippen LogP contribution in [0, 0.1) is 0 Å². The summed E-state index contributed by atoms with van der Waals surface area (Å²) >= 11 is 5.08. The fourth-order valence-electron chi connectivity index (χ4n) is 0.850. The van der Waals surface area contributed by atoms with Crippen LogP contribution in [0.2, 0.25) is 0 Å². The summed E-state index contributed by atoms with van der Waals surface area (Å²) in [6.45, 7) is 0.718. The molecule has 1 aromatic heterocycles. The number of rotatable bonds is 5. The lowest BCUT2D eigenvalue weighted by molar-refractivity contribution is 0.218. The molecular weight excluding hydrogens is 266 g/mol. The van der Waals surface area contributed by atoms with E-state index in [1.165, 1.54) is 0 Å². The molecule has 4 nitrogen and oxygen atoms in total. The predicted molar refractivity (Wildman–Crippen MR) is 61.9 cm³/mol. The first-order valence-corrected chi connectivity index (χ1v) is 5.87. The van der Waals surface area contributed by atoms with Crippen LogP contribution in [0.1, 0.15) is 0 Å². The SMILES string of the molecule is CNc1ncnc(SCCOC)c1Br. The molecule has 14 heavy (non-hydrogen) atoms. The van der Waals surface area contributed by atoms with Crippen LogP contribution in [0.5, 0.6) is 0 Å². The van der Waals surface area contributed by atoms with Crippen molar-refractivity contribution in [2.75, 3.05) is 31.8 Å². The zero-order valence-corrected chi connectivity index (χ0v) is 10.5. The summed E-state index contributed by atoms with van der Waals surface area (Å²) in [6.07, 6.45) is 1.55. The van der Waals surface area contributed by atoms with Gasteiger partial charge in [-0.05, 0) is 15.9 Å². The molecule has 1 rings (SSSR count). The van der Waals surface area contributed by atoms with Gasteiger partial charge >= 0.3 is 0 Å². The molecule has 0 aliphatic carbocycles. The van der Waals surface area contributed by atoms with Crippen molar-refractivity contribution in [1.82, 2.24) is 9.97 Å². The van der Waals surface area contributed by atoms with Crippen LogP contribution in [-0.4, -0.2) is 36.5 Å². The molecule has 0 saturated carbocycles. The number of thioether (sulfide) groups is 1. The van der Waals surface area contributed by atoms with E-state index in [9.17, 15) is 0 Å². The van der Waals surface area contributed by atoms with Gasteiger partial charge in [-0.15, -0.1) is 11.8 Å². The van der Waals surface area contributed by atoms with E-state index in [1.54, 1.807) is 25.2 Å². The minimum Gasteiger partial charge on any atom is -0.384 e. The molecule has 0 aliphatic rings. The number of methoxy groups -OCH3 is 1. The van der Waals surface area contributed by atoms with Gasteiger partial charge in [0, 0.05) is 19.9 Å². The lowest BCUT2D eigenvalue weighted by atomic mass is 10.6. The van der Waals surface area contributed by atoms with Gasteiger partial charge in [0.2, 0.25) is 0 Å². The molecule has 0 fully saturated rings. The second-order valence-corrected chi connectivity index (χ2v) is 4.31. The maximum absolute atomic E-state index is 4.96. The van der Waals surface area contributed by atoms with Gasteiger partial charge in [0.05, 0.1) is 11.1 Å². The molecule has 0 aliphatic heterocycles. The zero-order chi connectivity index (χ0) is 10.4. The second-order valence-electron chi connectivity index (χ2n) is 2.43. The fraction of sp³-hybridized carbons (Fsp3) is 0.500. The largest absolute Gasteiger partial charge is 0.384 e.